The number of rotatable bonds is 2. The maximum Gasteiger partial charge on any atom is 0.258 e. The largest absolute Gasteiger partial charge is 0.329 e. The van der Waals surface area contributed by atoms with Crippen molar-refractivity contribution < 1.29 is 8.78 Å². The van der Waals surface area contributed by atoms with Gasteiger partial charge in [-0.2, -0.15) is 4.98 Å². The Balaban J connectivity index is 2.01. The van der Waals surface area contributed by atoms with Crippen LogP contribution in [-0.4, -0.2) is 31.6 Å². The van der Waals surface area contributed by atoms with Crippen molar-refractivity contribution in [3.63, 3.8) is 0 Å². The molecule has 0 saturated carbocycles. The fraction of sp³-hybridized carbons (Fsp3) is 0.0667. The average Bonchev–Trinajstić information content (AvgIpc) is 3.00. The standard InChI is InChI=1S/C15H9BrF2N6/c1-23(11-3-8(16)2-9(17)4-11)14-12-5-10(18)6-19-13(12)24-7-20-22-15(24)21-14/h2-7H,1H3. The van der Waals surface area contributed by atoms with Crippen LogP contribution < -0.4 is 4.90 Å². The zero-order valence-electron chi connectivity index (χ0n) is 12.3. The highest BCUT2D eigenvalue weighted by Gasteiger charge is 2.17. The van der Waals surface area contributed by atoms with Crippen molar-refractivity contribution in [1.29, 1.82) is 0 Å². The van der Waals surface area contributed by atoms with Gasteiger partial charge in [0.05, 0.1) is 11.6 Å². The number of anilines is 2. The normalized spacial score (nSPS) is 11.3. The Hall–Kier alpha value is -2.68. The van der Waals surface area contributed by atoms with Crippen molar-refractivity contribution in [3.8, 4) is 0 Å². The molecule has 4 aromatic rings. The van der Waals surface area contributed by atoms with Gasteiger partial charge in [0.25, 0.3) is 5.78 Å². The fourth-order valence-corrected chi connectivity index (χ4v) is 2.96. The second-order valence-corrected chi connectivity index (χ2v) is 6.06. The summed E-state index contributed by atoms with van der Waals surface area (Å²) in [6.07, 6.45) is 2.57. The highest BCUT2D eigenvalue weighted by atomic mass is 79.9. The summed E-state index contributed by atoms with van der Waals surface area (Å²) in [6, 6.07) is 5.77. The monoisotopic (exact) mass is 390 g/mol. The Bertz CT molecular complexity index is 1060. The summed E-state index contributed by atoms with van der Waals surface area (Å²) >= 11 is 3.26. The van der Waals surface area contributed by atoms with E-state index < -0.39 is 11.6 Å². The molecule has 9 heteroatoms. The molecule has 0 unspecified atom stereocenters. The molecular formula is C15H9BrF2N6. The smallest absolute Gasteiger partial charge is 0.258 e. The van der Waals surface area contributed by atoms with Crippen LogP contribution in [0.4, 0.5) is 20.3 Å². The zero-order chi connectivity index (χ0) is 16.8. The van der Waals surface area contributed by atoms with Crippen molar-refractivity contribution in [1.82, 2.24) is 24.6 Å². The molecule has 0 aliphatic heterocycles. The van der Waals surface area contributed by atoms with Gasteiger partial charge in [-0.05, 0) is 24.3 Å². The maximum absolute atomic E-state index is 13.7. The molecule has 0 atom stereocenters. The van der Waals surface area contributed by atoms with Gasteiger partial charge >= 0.3 is 0 Å². The van der Waals surface area contributed by atoms with Crippen molar-refractivity contribution in [3.05, 3.63) is 52.9 Å². The van der Waals surface area contributed by atoms with Gasteiger partial charge in [-0.3, -0.25) is 0 Å². The number of fused-ring (bicyclic) bond motifs is 3. The van der Waals surface area contributed by atoms with Gasteiger partial charge in [0.15, 0.2) is 5.65 Å². The Morgan fingerprint density at radius 3 is 2.75 bits per heavy atom. The predicted molar refractivity (Wildman–Crippen MR) is 88.2 cm³/mol. The van der Waals surface area contributed by atoms with E-state index in [1.807, 2.05) is 0 Å². The van der Waals surface area contributed by atoms with Gasteiger partial charge in [-0.15, -0.1) is 10.2 Å². The summed E-state index contributed by atoms with van der Waals surface area (Å²) in [5.74, 6) is -0.177. The molecule has 1 aromatic carbocycles. The van der Waals surface area contributed by atoms with Crippen molar-refractivity contribution in [2.75, 3.05) is 11.9 Å². The van der Waals surface area contributed by atoms with Crippen LogP contribution in [0.15, 0.2) is 41.3 Å². The van der Waals surface area contributed by atoms with Gasteiger partial charge in [-0.25, -0.2) is 18.2 Å². The molecule has 0 aliphatic rings. The molecule has 0 fully saturated rings. The lowest BCUT2D eigenvalue weighted by Crippen LogP contribution is -2.13. The van der Waals surface area contributed by atoms with E-state index in [4.69, 9.17) is 0 Å². The summed E-state index contributed by atoms with van der Waals surface area (Å²) < 4.78 is 29.6. The first-order chi connectivity index (χ1) is 11.5. The Labute approximate surface area is 142 Å². The highest BCUT2D eigenvalue weighted by Crippen LogP contribution is 2.31. The van der Waals surface area contributed by atoms with E-state index in [0.717, 1.165) is 6.20 Å². The van der Waals surface area contributed by atoms with Crippen LogP contribution >= 0.6 is 15.9 Å². The molecule has 0 saturated heterocycles. The average molecular weight is 391 g/mol. The molecule has 0 radical (unpaired) electrons. The van der Waals surface area contributed by atoms with Gasteiger partial charge in [0.2, 0.25) is 0 Å². The minimum Gasteiger partial charge on any atom is -0.329 e. The molecule has 0 spiro atoms. The molecule has 24 heavy (non-hydrogen) atoms. The Morgan fingerprint density at radius 2 is 1.96 bits per heavy atom. The van der Waals surface area contributed by atoms with Crippen LogP contribution in [0.5, 0.6) is 0 Å². The van der Waals surface area contributed by atoms with Gasteiger partial charge in [0.1, 0.15) is 23.8 Å². The van der Waals surface area contributed by atoms with Crippen LogP contribution in [0, 0.1) is 11.6 Å². The molecule has 3 aromatic heterocycles. The molecule has 120 valence electrons. The lowest BCUT2D eigenvalue weighted by molar-refractivity contribution is 0.623. The van der Waals surface area contributed by atoms with Crippen LogP contribution in [0.1, 0.15) is 0 Å². The molecule has 0 N–H and O–H groups in total. The van der Waals surface area contributed by atoms with Crippen LogP contribution in [0.3, 0.4) is 0 Å². The zero-order valence-corrected chi connectivity index (χ0v) is 13.9. The van der Waals surface area contributed by atoms with Gasteiger partial charge < -0.3 is 4.90 Å². The Kier molecular flexibility index (Phi) is 3.38. The molecule has 6 nitrogen and oxygen atoms in total. The lowest BCUT2D eigenvalue weighted by Gasteiger charge is -2.20. The van der Waals surface area contributed by atoms with E-state index in [0.29, 0.717) is 32.8 Å². The van der Waals surface area contributed by atoms with E-state index in [-0.39, 0.29) is 0 Å². The SMILES string of the molecule is CN(c1cc(F)cc(Br)c1)c1nc2nncn2c2ncc(F)cc12. The summed E-state index contributed by atoms with van der Waals surface area (Å²) in [6.45, 7) is 0. The molecule has 0 amide bonds. The van der Waals surface area contributed by atoms with Gasteiger partial charge in [-0.1, -0.05) is 15.9 Å². The number of hydrogen-bond donors (Lipinski definition) is 0. The van der Waals surface area contributed by atoms with Crippen molar-refractivity contribution in [2.24, 2.45) is 0 Å². The minimum absolute atomic E-state index is 0.318. The highest BCUT2D eigenvalue weighted by molar-refractivity contribution is 9.10. The molecule has 3 heterocycles. The Morgan fingerprint density at radius 1 is 1.12 bits per heavy atom. The molecule has 0 bridgehead atoms. The summed E-state index contributed by atoms with van der Waals surface area (Å²) in [5, 5.41) is 8.19. The number of hydrogen-bond acceptors (Lipinski definition) is 5. The number of benzene rings is 1. The third-order valence-corrected chi connectivity index (χ3v) is 4.05. The first-order valence-electron chi connectivity index (χ1n) is 6.88. The predicted octanol–water partition coefficient (Wildman–Crippen LogP) is 3.48. The molecule has 4 rings (SSSR count). The molecule has 0 aliphatic carbocycles. The topological polar surface area (TPSA) is 59.2 Å². The quantitative estimate of drug-likeness (QED) is 0.524. The van der Waals surface area contributed by atoms with Crippen LogP contribution in [0.2, 0.25) is 0 Å². The summed E-state index contributed by atoms with van der Waals surface area (Å²) in [4.78, 5) is 10.2. The van der Waals surface area contributed by atoms with Crippen molar-refractivity contribution in [2.45, 2.75) is 0 Å². The number of nitrogens with zero attached hydrogens (tertiary/aromatic N) is 6. The number of aromatic nitrogens is 5. The first-order valence-corrected chi connectivity index (χ1v) is 7.67. The third-order valence-electron chi connectivity index (χ3n) is 3.59. The van der Waals surface area contributed by atoms with E-state index in [9.17, 15) is 8.78 Å². The van der Waals surface area contributed by atoms with Gasteiger partial charge in [0, 0.05) is 17.2 Å². The van der Waals surface area contributed by atoms with E-state index in [2.05, 4.69) is 36.1 Å². The fourth-order valence-electron chi connectivity index (χ4n) is 2.51. The summed E-state index contributed by atoms with van der Waals surface area (Å²) in [7, 11) is 1.71. The van der Waals surface area contributed by atoms with Crippen LogP contribution in [-0.2, 0) is 0 Å². The maximum atomic E-state index is 13.7. The number of pyridine rings is 1. The van der Waals surface area contributed by atoms with E-state index in [1.165, 1.54) is 24.5 Å². The van der Waals surface area contributed by atoms with Crippen molar-refractivity contribution >= 4 is 44.2 Å². The van der Waals surface area contributed by atoms with E-state index in [1.54, 1.807) is 22.4 Å². The second-order valence-electron chi connectivity index (χ2n) is 5.15. The third kappa shape index (κ3) is 2.37. The summed E-state index contributed by atoms with van der Waals surface area (Å²) in [5.41, 5.74) is 1.01. The van der Waals surface area contributed by atoms with E-state index >= 15 is 0 Å². The first kappa shape index (κ1) is 14.9. The number of halogens is 3. The van der Waals surface area contributed by atoms with Crippen LogP contribution in [0.25, 0.3) is 16.8 Å². The minimum atomic E-state index is -0.494. The lowest BCUT2D eigenvalue weighted by atomic mass is 10.2. The second kappa shape index (κ2) is 5.45. The molecular weight excluding hydrogens is 382 g/mol.